The van der Waals surface area contributed by atoms with Crippen LogP contribution in [0.3, 0.4) is 0 Å². The number of benzene rings is 4. The van der Waals surface area contributed by atoms with E-state index in [4.69, 9.17) is 13.6 Å². The number of carbonyl (C=O) groups is 4. The molecule has 6 aromatic rings. The van der Waals surface area contributed by atoms with Gasteiger partial charge in [-0.3, -0.25) is 19.2 Å². The van der Waals surface area contributed by atoms with Gasteiger partial charge in [0.15, 0.2) is 48.2 Å². The van der Waals surface area contributed by atoms with Gasteiger partial charge in [0.1, 0.15) is 11.5 Å². The Bertz CT molecular complexity index is 1970. The molecule has 2 aliphatic rings. The van der Waals surface area contributed by atoms with Crippen LogP contribution in [0.15, 0.2) is 81.6 Å². The minimum Gasteiger partial charge on any atom is -0.457 e. The molecule has 0 saturated carbocycles. The van der Waals surface area contributed by atoms with E-state index in [9.17, 15) is 19.2 Å². The second-order valence-corrected chi connectivity index (χ2v) is 9.86. The lowest BCUT2D eigenvalue weighted by Gasteiger charge is -2.39. The first-order chi connectivity index (χ1) is 19.6. The van der Waals surface area contributed by atoms with Gasteiger partial charge in [-0.25, -0.2) is 0 Å². The van der Waals surface area contributed by atoms with Gasteiger partial charge in [-0.15, -0.1) is 0 Å². The van der Waals surface area contributed by atoms with E-state index < -0.39 is 5.41 Å². The van der Waals surface area contributed by atoms with Gasteiger partial charge < -0.3 is 13.6 Å². The molecule has 190 valence electrons. The molecule has 0 atom stereocenters. The Labute approximate surface area is 225 Å². The predicted molar refractivity (Wildman–Crippen MR) is 145 cm³/mol. The van der Waals surface area contributed by atoms with Crippen molar-refractivity contribution in [2.24, 2.45) is 0 Å². The minimum absolute atomic E-state index is 0.0275. The summed E-state index contributed by atoms with van der Waals surface area (Å²) in [5.41, 5.74) is 4.61. The normalized spacial score (nSPS) is 13.8. The zero-order valence-electron chi connectivity index (χ0n) is 20.6. The van der Waals surface area contributed by atoms with Crippen LogP contribution in [0, 0.1) is 0 Å². The van der Waals surface area contributed by atoms with Gasteiger partial charge in [-0.2, -0.15) is 0 Å². The second-order valence-electron chi connectivity index (χ2n) is 9.86. The lowest BCUT2D eigenvalue weighted by atomic mass is 9.65. The molecule has 2 aromatic heterocycles. The Morgan fingerprint density at radius 3 is 1.25 bits per heavy atom. The summed E-state index contributed by atoms with van der Waals surface area (Å²) >= 11 is 0. The molecule has 0 fully saturated rings. The molecule has 4 aromatic carbocycles. The Balaban J connectivity index is 1.60. The molecule has 0 amide bonds. The number of aldehydes is 4. The van der Waals surface area contributed by atoms with E-state index in [1.807, 2.05) is 36.4 Å². The number of hydrogen-bond acceptors (Lipinski definition) is 7. The molecule has 1 spiro atoms. The number of furan rings is 2. The molecule has 1 aliphatic carbocycles. The smallest absolute Gasteiger partial charge is 0.185 e. The number of rotatable bonds is 4. The maximum atomic E-state index is 12.0. The summed E-state index contributed by atoms with van der Waals surface area (Å²) in [4.78, 5) is 47.6. The van der Waals surface area contributed by atoms with E-state index in [1.54, 1.807) is 12.1 Å². The maximum Gasteiger partial charge on any atom is 0.185 e. The number of ether oxygens (including phenoxy) is 1. The summed E-state index contributed by atoms with van der Waals surface area (Å²) in [5.74, 6) is 1.09. The fourth-order valence-corrected chi connectivity index (χ4v) is 6.62. The molecular weight excluding hydrogens is 508 g/mol. The third kappa shape index (κ3) is 2.54. The molecule has 40 heavy (non-hydrogen) atoms. The van der Waals surface area contributed by atoms with Gasteiger partial charge in [0.2, 0.25) is 0 Å². The largest absolute Gasteiger partial charge is 0.457 e. The van der Waals surface area contributed by atoms with Crippen LogP contribution < -0.4 is 4.74 Å². The van der Waals surface area contributed by atoms with Crippen molar-refractivity contribution in [2.75, 3.05) is 0 Å². The van der Waals surface area contributed by atoms with Crippen molar-refractivity contribution < 1.29 is 32.7 Å². The Morgan fingerprint density at radius 2 is 0.850 bits per heavy atom. The van der Waals surface area contributed by atoms with Crippen LogP contribution in [0.5, 0.6) is 11.5 Å². The highest BCUT2D eigenvalue weighted by molar-refractivity contribution is 6.07. The summed E-state index contributed by atoms with van der Waals surface area (Å²) in [6.45, 7) is 0. The van der Waals surface area contributed by atoms with E-state index in [-0.39, 0.29) is 23.0 Å². The first-order valence-corrected chi connectivity index (χ1v) is 12.5. The average molecular weight is 524 g/mol. The van der Waals surface area contributed by atoms with Crippen LogP contribution in [-0.2, 0) is 5.41 Å². The zero-order valence-corrected chi connectivity index (χ0v) is 20.6. The minimum atomic E-state index is -0.921. The van der Waals surface area contributed by atoms with E-state index in [1.165, 1.54) is 0 Å². The fraction of sp³-hybridized carbons (Fsp3) is 0.0303. The standard InChI is InChI=1S/C33H16O7/c34-13-29-19-9-25-27(11-21(19)31(15-36)39-29)38-28-12-22-20(30(14-35)40-32(22)16-37)10-26(28)33(25)23-7-3-1-5-17(23)18-6-2-4-8-24(18)33/h1-16H. The molecule has 7 nitrogen and oxygen atoms in total. The maximum absolute atomic E-state index is 12.0. The van der Waals surface area contributed by atoms with Gasteiger partial charge >= 0.3 is 0 Å². The summed E-state index contributed by atoms with van der Waals surface area (Å²) in [5, 5.41) is 1.89. The van der Waals surface area contributed by atoms with Gasteiger partial charge in [-0.1, -0.05) is 48.5 Å². The SMILES string of the molecule is O=Cc1oc(C=O)c2cc3c(cc12)Oc1cc2c(C=O)oc(C=O)c2cc1C31c2ccccc2-c2ccccc21. The molecule has 8 rings (SSSR count). The highest BCUT2D eigenvalue weighted by atomic mass is 16.5. The van der Waals surface area contributed by atoms with Crippen LogP contribution >= 0.6 is 0 Å². The molecule has 1 aliphatic heterocycles. The summed E-state index contributed by atoms with van der Waals surface area (Å²) in [6, 6.07) is 23.3. The summed E-state index contributed by atoms with van der Waals surface area (Å²) in [6.07, 6.45) is 2.32. The van der Waals surface area contributed by atoms with Crippen molar-refractivity contribution in [1.29, 1.82) is 0 Å². The molecular formula is C33H16O7. The summed E-state index contributed by atoms with van der Waals surface area (Å²) < 4.78 is 17.7. The lowest BCUT2D eigenvalue weighted by Crippen LogP contribution is -2.32. The van der Waals surface area contributed by atoms with Crippen molar-refractivity contribution in [2.45, 2.75) is 5.41 Å². The first-order valence-electron chi connectivity index (χ1n) is 12.5. The molecule has 0 radical (unpaired) electrons. The molecule has 7 heteroatoms. The van der Waals surface area contributed by atoms with Crippen molar-refractivity contribution in [1.82, 2.24) is 0 Å². The van der Waals surface area contributed by atoms with E-state index in [2.05, 4.69) is 24.3 Å². The van der Waals surface area contributed by atoms with Crippen molar-refractivity contribution in [3.63, 3.8) is 0 Å². The van der Waals surface area contributed by atoms with E-state index >= 15 is 0 Å². The second kappa shape index (κ2) is 7.74. The first kappa shape index (κ1) is 22.4. The van der Waals surface area contributed by atoms with Crippen LogP contribution in [-0.4, -0.2) is 25.1 Å². The van der Waals surface area contributed by atoms with Crippen LogP contribution in [0.25, 0.3) is 32.7 Å². The van der Waals surface area contributed by atoms with Gasteiger partial charge in [0.05, 0.1) is 5.41 Å². The van der Waals surface area contributed by atoms with Crippen LogP contribution in [0.1, 0.15) is 64.5 Å². The number of fused-ring (bicyclic) bond motifs is 11. The Hall–Kier alpha value is -5.56. The quantitative estimate of drug-likeness (QED) is 0.231. The average Bonchev–Trinajstić information content (AvgIpc) is 3.63. The molecule has 0 saturated heterocycles. The Morgan fingerprint density at radius 1 is 0.475 bits per heavy atom. The third-order valence-corrected chi connectivity index (χ3v) is 8.15. The zero-order chi connectivity index (χ0) is 27.2. The summed E-state index contributed by atoms with van der Waals surface area (Å²) in [7, 11) is 0. The van der Waals surface area contributed by atoms with Crippen molar-refractivity contribution >= 4 is 46.7 Å². The predicted octanol–water partition coefficient (Wildman–Crippen LogP) is 6.90. The van der Waals surface area contributed by atoms with Crippen LogP contribution in [0.4, 0.5) is 0 Å². The highest BCUT2D eigenvalue weighted by Crippen LogP contribution is 2.63. The van der Waals surface area contributed by atoms with E-state index in [0.717, 1.165) is 33.4 Å². The number of carbonyl (C=O) groups excluding carboxylic acids is 4. The van der Waals surface area contributed by atoms with Gasteiger partial charge in [-0.05, 0) is 46.5 Å². The molecule has 0 unspecified atom stereocenters. The van der Waals surface area contributed by atoms with Crippen molar-refractivity contribution in [3.05, 3.63) is 118 Å². The van der Waals surface area contributed by atoms with Gasteiger partial charge in [0.25, 0.3) is 0 Å². The third-order valence-electron chi connectivity index (χ3n) is 8.15. The number of hydrogen-bond donors (Lipinski definition) is 0. The highest BCUT2D eigenvalue weighted by Gasteiger charge is 2.51. The topological polar surface area (TPSA) is 104 Å². The van der Waals surface area contributed by atoms with Gasteiger partial charge in [0, 0.05) is 32.7 Å². The van der Waals surface area contributed by atoms with Crippen LogP contribution in [0.2, 0.25) is 0 Å². The molecule has 0 bridgehead atoms. The lowest BCUT2D eigenvalue weighted by molar-refractivity contribution is 0.106. The fourth-order valence-electron chi connectivity index (χ4n) is 6.62. The Kier molecular flexibility index (Phi) is 4.34. The monoisotopic (exact) mass is 524 g/mol. The van der Waals surface area contributed by atoms with Crippen molar-refractivity contribution in [3.8, 4) is 22.6 Å². The molecule has 3 heterocycles. The molecule has 0 N–H and O–H groups in total. The van der Waals surface area contributed by atoms with E-state index in [0.29, 0.717) is 58.2 Å².